The van der Waals surface area contributed by atoms with Crippen molar-refractivity contribution in [3.8, 4) is 0 Å². The van der Waals surface area contributed by atoms with Crippen LogP contribution in [0.5, 0.6) is 0 Å². The molecule has 2 aliphatic heterocycles. The zero-order chi connectivity index (χ0) is 15.8. The third-order valence-corrected chi connectivity index (χ3v) is 5.17. The first-order chi connectivity index (χ1) is 11.2. The van der Waals surface area contributed by atoms with Gasteiger partial charge < -0.3 is 9.67 Å². The number of likely N-dealkylation sites (tertiary alicyclic amines) is 1. The fourth-order valence-corrected chi connectivity index (χ4v) is 4.17. The van der Waals surface area contributed by atoms with Crippen molar-refractivity contribution in [3.63, 3.8) is 0 Å². The van der Waals surface area contributed by atoms with Crippen LogP contribution in [-0.2, 0) is 6.54 Å². The third-order valence-electron chi connectivity index (χ3n) is 5.17. The van der Waals surface area contributed by atoms with Crippen molar-refractivity contribution < 1.29 is 5.11 Å². The molecule has 4 rings (SSSR count). The molecule has 0 aliphatic carbocycles. The lowest BCUT2D eigenvalue weighted by atomic mass is 9.83. The van der Waals surface area contributed by atoms with Gasteiger partial charge in [-0.15, -0.1) is 0 Å². The Labute approximate surface area is 136 Å². The van der Waals surface area contributed by atoms with Gasteiger partial charge in [-0.1, -0.05) is 36.4 Å². The van der Waals surface area contributed by atoms with Crippen molar-refractivity contribution in [1.29, 1.82) is 0 Å². The second-order valence-electron chi connectivity index (χ2n) is 6.84. The first-order valence-corrected chi connectivity index (χ1v) is 8.36. The van der Waals surface area contributed by atoms with Gasteiger partial charge in [0.25, 0.3) is 5.56 Å². The summed E-state index contributed by atoms with van der Waals surface area (Å²) in [6.07, 6.45) is 0.703. The molecule has 3 atom stereocenters. The zero-order valence-electron chi connectivity index (χ0n) is 13.1. The summed E-state index contributed by atoms with van der Waals surface area (Å²) in [4.78, 5) is 14.4. The predicted octanol–water partition coefficient (Wildman–Crippen LogP) is 2.00. The fraction of sp³-hybridized carbons (Fsp3) is 0.421. The lowest BCUT2D eigenvalue weighted by Crippen LogP contribution is -2.48. The van der Waals surface area contributed by atoms with E-state index in [1.165, 1.54) is 0 Å². The monoisotopic (exact) mass is 310 g/mol. The fourth-order valence-electron chi connectivity index (χ4n) is 4.17. The van der Waals surface area contributed by atoms with Crippen molar-refractivity contribution in [3.05, 3.63) is 70.1 Å². The maximum Gasteiger partial charge on any atom is 0.250 e. The van der Waals surface area contributed by atoms with Gasteiger partial charge in [-0.05, 0) is 24.0 Å². The molecule has 1 N–H and O–H groups in total. The number of hydrogen-bond acceptors (Lipinski definition) is 3. The van der Waals surface area contributed by atoms with Crippen LogP contribution in [0.25, 0.3) is 0 Å². The number of nitrogens with zero attached hydrogens (tertiary/aromatic N) is 2. The molecule has 0 unspecified atom stereocenters. The normalized spacial score (nSPS) is 24.9. The molecule has 2 bridgehead atoms. The molecule has 1 aromatic carbocycles. The molecule has 0 amide bonds. The summed E-state index contributed by atoms with van der Waals surface area (Å²) in [5.74, 6) is 0.906. The van der Waals surface area contributed by atoms with E-state index in [4.69, 9.17) is 0 Å². The van der Waals surface area contributed by atoms with Crippen LogP contribution in [0.2, 0.25) is 0 Å². The van der Waals surface area contributed by atoms with Crippen LogP contribution >= 0.6 is 0 Å². The smallest absolute Gasteiger partial charge is 0.250 e. The second kappa shape index (κ2) is 5.95. The molecule has 0 spiro atoms. The Morgan fingerprint density at radius 3 is 2.70 bits per heavy atom. The molecule has 1 fully saturated rings. The highest BCUT2D eigenvalue weighted by Gasteiger charge is 2.34. The zero-order valence-corrected chi connectivity index (χ0v) is 13.1. The molecule has 0 radical (unpaired) electrons. The van der Waals surface area contributed by atoms with Gasteiger partial charge in [-0.25, -0.2) is 0 Å². The van der Waals surface area contributed by atoms with Crippen LogP contribution in [0.3, 0.4) is 0 Å². The minimum atomic E-state index is -0.451. The highest BCUT2D eigenvalue weighted by Crippen LogP contribution is 2.35. The Morgan fingerprint density at radius 1 is 1.04 bits per heavy atom. The van der Waals surface area contributed by atoms with E-state index >= 15 is 0 Å². The number of rotatable bonds is 3. The van der Waals surface area contributed by atoms with Gasteiger partial charge in [0.05, 0.1) is 6.10 Å². The molecule has 3 heterocycles. The molecule has 1 saturated heterocycles. The largest absolute Gasteiger partial charge is 0.387 e. The summed E-state index contributed by atoms with van der Waals surface area (Å²) in [6, 6.07) is 15.5. The molecule has 120 valence electrons. The SMILES string of the molecule is O=c1cccc2n1C[C@H]1C[C@H]2CN(C[C@@H](O)c2ccccc2)C1. The van der Waals surface area contributed by atoms with E-state index in [0.29, 0.717) is 18.4 Å². The summed E-state index contributed by atoms with van der Waals surface area (Å²) < 4.78 is 1.95. The minimum Gasteiger partial charge on any atom is -0.387 e. The van der Waals surface area contributed by atoms with Crippen molar-refractivity contribution in [1.82, 2.24) is 9.47 Å². The molecule has 4 heteroatoms. The van der Waals surface area contributed by atoms with E-state index in [2.05, 4.69) is 11.0 Å². The Balaban J connectivity index is 1.51. The lowest BCUT2D eigenvalue weighted by molar-refractivity contribution is 0.0621. The maximum absolute atomic E-state index is 12.0. The lowest BCUT2D eigenvalue weighted by Gasteiger charge is -2.43. The van der Waals surface area contributed by atoms with Gasteiger partial charge in [0.2, 0.25) is 0 Å². The van der Waals surface area contributed by atoms with Crippen molar-refractivity contribution in [2.45, 2.75) is 25.0 Å². The highest BCUT2D eigenvalue weighted by atomic mass is 16.3. The predicted molar refractivity (Wildman–Crippen MR) is 89.4 cm³/mol. The summed E-state index contributed by atoms with van der Waals surface area (Å²) in [7, 11) is 0. The van der Waals surface area contributed by atoms with E-state index in [9.17, 15) is 9.90 Å². The van der Waals surface area contributed by atoms with Crippen LogP contribution in [0, 0.1) is 5.92 Å². The summed E-state index contributed by atoms with van der Waals surface area (Å²) in [6.45, 7) is 3.35. The first-order valence-electron chi connectivity index (χ1n) is 8.36. The number of aromatic nitrogens is 1. The van der Waals surface area contributed by atoms with Crippen LogP contribution < -0.4 is 5.56 Å². The van der Waals surface area contributed by atoms with Gasteiger partial charge >= 0.3 is 0 Å². The molecule has 0 saturated carbocycles. The molecule has 23 heavy (non-hydrogen) atoms. The maximum atomic E-state index is 12.0. The number of β-amino-alcohol motifs (C(OH)–C–C–N with tert-alkyl or cyclic N) is 1. The van der Waals surface area contributed by atoms with Crippen LogP contribution in [-0.4, -0.2) is 34.2 Å². The van der Waals surface area contributed by atoms with Crippen LogP contribution in [0.15, 0.2) is 53.3 Å². The molecule has 4 nitrogen and oxygen atoms in total. The number of hydrogen-bond donors (Lipinski definition) is 1. The summed E-state index contributed by atoms with van der Waals surface area (Å²) >= 11 is 0. The standard InChI is InChI=1S/C19H22N2O2/c22-18(15-5-2-1-3-6-15)13-20-10-14-9-16(12-20)17-7-4-8-19(23)21(17)11-14/h1-8,14,16,18,22H,9-13H2/t14-,16-,18+/m0/s1. The average molecular weight is 310 g/mol. The van der Waals surface area contributed by atoms with Crippen molar-refractivity contribution >= 4 is 0 Å². The Morgan fingerprint density at radius 2 is 1.87 bits per heavy atom. The van der Waals surface area contributed by atoms with E-state index in [1.54, 1.807) is 6.07 Å². The molecule has 2 aromatic rings. The van der Waals surface area contributed by atoms with Crippen molar-refractivity contribution in [2.24, 2.45) is 5.92 Å². The van der Waals surface area contributed by atoms with Gasteiger partial charge in [0.15, 0.2) is 0 Å². The number of piperidine rings is 1. The van der Waals surface area contributed by atoms with Crippen LogP contribution in [0.4, 0.5) is 0 Å². The number of aliphatic hydroxyl groups excluding tert-OH is 1. The summed E-state index contributed by atoms with van der Waals surface area (Å²) in [5, 5.41) is 10.5. The first kappa shape index (κ1) is 14.7. The third kappa shape index (κ3) is 2.84. The minimum absolute atomic E-state index is 0.120. The van der Waals surface area contributed by atoms with E-state index in [0.717, 1.165) is 37.3 Å². The number of fused-ring (bicyclic) bond motifs is 4. The molecular formula is C19H22N2O2. The molecule has 1 aromatic heterocycles. The molecule has 2 aliphatic rings. The van der Waals surface area contributed by atoms with E-state index in [-0.39, 0.29) is 5.56 Å². The number of pyridine rings is 1. The second-order valence-corrected chi connectivity index (χ2v) is 6.84. The Kier molecular flexibility index (Phi) is 3.79. The van der Waals surface area contributed by atoms with Gasteiger partial charge in [-0.2, -0.15) is 0 Å². The van der Waals surface area contributed by atoms with E-state index < -0.39 is 6.10 Å². The quantitative estimate of drug-likeness (QED) is 0.943. The Hall–Kier alpha value is -1.91. The highest BCUT2D eigenvalue weighted by molar-refractivity contribution is 5.19. The van der Waals surface area contributed by atoms with Crippen molar-refractivity contribution in [2.75, 3.05) is 19.6 Å². The van der Waals surface area contributed by atoms with Crippen LogP contribution in [0.1, 0.15) is 29.7 Å². The number of benzene rings is 1. The van der Waals surface area contributed by atoms with Gasteiger partial charge in [0, 0.05) is 43.9 Å². The average Bonchev–Trinajstić information content (AvgIpc) is 2.57. The van der Waals surface area contributed by atoms with E-state index in [1.807, 2.05) is 41.0 Å². The topological polar surface area (TPSA) is 45.5 Å². The number of aliphatic hydroxyl groups is 1. The Bertz CT molecular complexity index is 741. The van der Waals surface area contributed by atoms with Gasteiger partial charge in [0.1, 0.15) is 0 Å². The summed E-state index contributed by atoms with van der Waals surface area (Å²) in [5.41, 5.74) is 2.25. The van der Waals surface area contributed by atoms with Gasteiger partial charge in [-0.3, -0.25) is 9.69 Å². The molecular weight excluding hydrogens is 288 g/mol.